The van der Waals surface area contributed by atoms with Crippen LogP contribution >= 0.6 is 0 Å². The Kier molecular flexibility index (Phi) is 12.8. The van der Waals surface area contributed by atoms with Crippen LogP contribution in [0.25, 0.3) is 22.3 Å². The summed E-state index contributed by atoms with van der Waals surface area (Å²) in [6.45, 7) is 32.3. The van der Waals surface area contributed by atoms with Gasteiger partial charge in [-0.25, -0.2) is 0 Å². The maximum absolute atomic E-state index is 2.52. The fraction of sp³-hybridized carbons (Fsp3) is 0.279. The highest BCUT2D eigenvalue weighted by atomic mass is 15.1. The molecule has 6 aromatic carbocycles. The minimum Gasteiger partial charge on any atom is -0.337 e. The van der Waals surface area contributed by atoms with Crippen molar-refractivity contribution in [3.05, 3.63) is 207 Å². The zero-order valence-corrected chi connectivity index (χ0v) is 40.5. The van der Waals surface area contributed by atoms with Crippen LogP contribution in [0.2, 0.25) is 0 Å². The molecule has 7 rings (SSSR count). The predicted octanol–water partition coefficient (Wildman–Crippen LogP) is 17.6. The van der Waals surface area contributed by atoms with Gasteiger partial charge in [0.15, 0.2) is 0 Å². The van der Waals surface area contributed by atoms with Gasteiger partial charge in [-0.1, -0.05) is 159 Å². The molecule has 322 valence electrons. The maximum Gasteiger partial charge on any atom is 0.0520 e. The van der Waals surface area contributed by atoms with Gasteiger partial charge in [-0.15, -0.1) is 0 Å². The SMILES string of the molecule is C/C=C\C=C(/C)C(C)(C)C(=C/CN(c1cccc(-c2cccc(N(c3ccc4c(c3)C(C)(C)c3ccccc3-4)c3c(C)cc(C)cc3C)c2)c1)c1c(C)cc(C)cc1C)/C(C)=C\C. The zero-order chi connectivity index (χ0) is 45.4. The van der Waals surface area contributed by atoms with E-state index in [2.05, 4.69) is 252 Å². The summed E-state index contributed by atoms with van der Waals surface area (Å²) in [5.41, 5.74) is 25.1. The Hall–Kier alpha value is -6.12. The molecule has 0 spiro atoms. The zero-order valence-electron chi connectivity index (χ0n) is 40.5. The maximum atomic E-state index is 2.52. The molecule has 0 aliphatic heterocycles. The van der Waals surface area contributed by atoms with Gasteiger partial charge in [0, 0.05) is 40.1 Å². The van der Waals surface area contributed by atoms with Crippen molar-refractivity contribution in [1.29, 1.82) is 0 Å². The first-order valence-electron chi connectivity index (χ1n) is 22.8. The summed E-state index contributed by atoms with van der Waals surface area (Å²) in [4.78, 5) is 5.02. The first-order chi connectivity index (χ1) is 30.0. The van der Waals surface area contributed by atoms with Gasteiger partial charge in [0.2, 0.25) is 0 Å². The third kappa shape index (κ3) is 8.66. The van der Waals surface area contributed by atoms with Gasteiger partial charge in [-0.2, -0.15) is 0 Å². The molecule has 0 bridgehead atoms. The largest absolute Gasteiger partial charge is 0.337 e. The van der Waals surface area contributed by atoms with Crippen molar-refractivity contribution in [1.82, 2.24) is 0 Å². The number of nitrogens with zero attached hydrogens (tertiary/aromatic N) is 2. The van der Waals surface area contributed by atoms with Gasteiger partial charge >= 0.3 is 0 Å². The van der Waals surface area contributed by atoms with Crippen molar-refractivity contribution in [2.75, 3.05) is 16.3 Å². The van der Waals surface area contributed by atoms with Crippen LogP contribution in [0.3, 0.4) is 0 Å². The van der Waals surface area contributed by atoms with Crippen molar-refractivity contribution in [3.8, 4) is 22.3 Å². The molecule has 63 heavy (non-hydrogen) atoms. The highest BCUT2D eigenvalue weighted by molar-refractivity contribution is 5.88. The van der Waals surface area contributed by atoms with Gasteiger partial charge in [0.1, 0.15) is 0 Å². The van der Waals surface area contributed by atoms with Gasteiger partial charge in [-0.3, -0.25) is 0 Å². The monoisotopic (exact) mass is 829 g/mol. The summed E-state index contributed by atoms with van der Waals surface area (Å²) in [5, 5.41) is 0. The number of rotatable bonds is 12. The number of anilines is 5. The summed E-state index contributed by atoms with van der Waals surface area (Å²) < 4.78 is 0. The van der Waals surface area contributed by atoms with E-state index in [1.165, 1.54) is 106 Å². The van der Waals surface area contributed by atoms with Gasteiger partial charge in [-0.05, 0) is 167 Å². The molecule has 2 nitrogen and oxygen atoms in total. The van der Waals surface area contributed by atoms with E-state index in [4.69, 9.17) is 0 Å². The Morgan fingerprint density at radius 1 is 0.587 bits per heavy atom. The molecule has 0 radical (unpaired) electrons. The Labute approximate surface area is 380 Å². The van der Waals surface area contributed by atoms with E-state index in [9.17, 15) is 0 Å². The molecule has 2 heteroatoms. The van der Waals surface area contributed by atoms with Crippen LogP contribution in [0.5, 0.6) is 0 Å². The number of hydrogen-bond donors (Lipinski definition) is 0. The van der Waals surface area contributed by atoms with E-state index >= 15 is 0 Å². The fourth-order valence-electron chi connectivity index (χ4n) is 10.3. The van der Waals surface area contributed by atoms with Crippen LogP contribution in [0.1, 0.15) is 99.9 Å². The van der Waals surface area contributed by atoms with E-state index in [1.807, 2.05) is 0 Å². The summed E-state index contributed by atoms with van der Waals surface area (Å²) >= 11 is 0. The second kappa shape index (κ2) is 17.9. The number of aryl methyl sites for hydroxylation is 6. The molecule has 0 saturated heterocycles. The third-order valence-electron chi connectivity index (χ3n) is 13.7. The fourth-order valence-corrected chi connectivity index (χ4v) is 10.3. The average molecular weight is 829 g/mol. The van der Waals surface area contributed by atoms with E-state index in [0.717, 1.165) is 12.2 Å². The lowest BCUT2D eigenvalue weighted by Crippen LogP contribution is -2.23. The van der Waals surface area contributed by atoms with Crippen molar-refractivity contribution in [3.63, 3.8) is 0 Å². The van der Waals surface area contributed by atoms with Gasteiger partial charge in [0.05, 0.1) is 5.69 Å². The van der Waals surface area contributed by atoms with Crippen LogP contribution in [0, 0.1) is 47.0 Å². The van der Waals surface area contributed by atoms with E-state index in [-0.39, 0.29) is 10.8 Å². The van der Waals surface area contributed by atoms with Crippen LogP contribution in [-0.2, 0) is 5.41 Å². The molecule has 0 N–H and O–H groups in total. The Morgan fingerprint density at radius 2 is 1.13 bits per heavy atom. The van der Waals surface area contributed by atoms with Crippen LogP contribution < -0.4 is 9.80 Å². The number of allylic oxidation sites excluding steroid dienone is 7. The molecule has 0 atom stereocenters. The van der Waals surface area contributed by atoms with Crippen molar-refractivity contribution < 1.29 is 0 Å². The highest BCUT2D eigenvalue weighted by Crippen LogP contribution is 2.51. The Balaban J connectivity index is 1.36. The molecule has 0 aromatic heterocycles. The molecule has 0 unspecified atom stereocenters. The lowest BCUT2D eigenvalue weighted by atomic mass is 9.74. The number of hydrogen-bond acceptors (Lipinski definition) is 2. The second-order valence-electron chi connectivity index (χ2n) is 19.0. The van der Waals surface area contributed by atoms with E-state index < -0.39 is 0 Å². The molecule has 6 aromatic rings. The van der Waals surface area contributed by atoms with E-state index in [1.54, 1.807) is 0 Å². The Bertz CT molecular complexity index is 2770. The molecule has 0 heterocycles. The van der Waals surface area contributed by atoms with Crippen molar-refractivity contribution in [2.24, 2.45) is 5.41 Å². The van der Waals surface area contributed by atoms with Crippen molar-refractivity contribution >= 4 is 28.4 Å². The lowest BCUT2D eigenvalue weighted by Gasteiger charge is -2.33. The number of fused-ring (bicyclic) bond motifs is 3. The standard InChI is InChI=1S/C61H68N2/c1-15-17-22-47(10)60(11,12)55(42(5)16-2)31-32-62(58-43(6)33-40(3)34-44(58)7)50-25-20-23-48(37-50)49-24-21-26-51(38-49)63(59-45(8)35-41(4)36-46(59)9)52-29-30-54-53-27-18-19-28-56(53)61(13,14)57(54)39-52/h15-31,33-39H,32H2,1-14H3/b17-15-,42-16-,47-22+,55-31+. The molecule has 0 saturated carbocycles. The quantitative estimate of drug-likeness (QED) is 0.113. The third-order valence-corrected chi connectivity index (χ3v) is 13.7. The van der Waals surface area contributed by atoms with Gasteiger partial charge < -0.3 is 9.80 Å². The first kappa shape index (κ1) is 44.9. The van der Waals surface area contributed by atoms with E-state index in [0.29, 0.717) is 0 Å². The molecular formula is C61H68N2. The van der Waals surface area contributed by atoms with Crippen LogP contribution in [0.4, 0.5) is 28.4 Å². The molecule has 1 aliphatic rings. The topological polar surface area (TPSA) is 6.48 Å². The van der Waals surface area contributed by atoms with Crippen molar-refractivity contribution in [2.45, 2.75) is 102 Å². The molecule has 1 aliphatic carbocycles. The second-order valence-corrected chi connectivity index (χ2v) is 19.0. The minimum absolute atomic E-state index is 0.105. The summed E-state index contributed by atoms with van der Waals surface area (Å²) in [5.74, 6) is 0. The normalized spacial score (nSPS) is 14.0. The minimum atomic E-state index is -0.153. The smallest absolute Gasteiger partial charge is 0.0520 e. The molecular weight excluding hydrogens is 761 g/mol. The summed E-state index contributed by atoms with van der Waals surface area (Å²) in [6.07, 6.45) is 11.2. The molecule has 0 amide bonds. The Morgan fingerprint density at radius 3 is 1.73 bits per heavy atom. The van der Waals surface area contributed by atoms with Gasteiger partial charge in [0.25, 0.3) is 0 Å². The summed E-state index contributed by atoms with van der Waals surface area (Å²) in [7, 11) is 0. The lowest BCUT2D eigenvalue weighted by molar-refractivity contribution is 0.543. The van der Waals surface area contributed by atoms with Crippen LogP contribution in [-0.4, -0.2) is 6.54 Å². The average Bonchev–Trinajstić information content (AvgIpc) is 3.48. The predicted molar refractivity (Wildman–Crippen MR) is 276 cm³/mol. The number of benzene rings is 6. The van der Waals surface area contributed by atoms with Crippen LogP contribution in [0.15, 0.2) is 162 Å². The summed E-state index contributed by atoms with van der Waals surface area (Å²) in [6, 6.07) is 43.6. The highest BCUT2D eigenvalue weighted by Gasteiger charge is 2.36. The molecule has 0 fully saturated rings. The first-order valence-corrected chi connectivity index (χ1v) is 22.8.